The van der Waals surface area contributed by atoms with E-state index in [2.05, 4.69) is 31.4 Å². The second-order valence-electron chi connectivity index (χ2n) is 5.51. The molecule has 0 fully saturated rings. The molecule has 108 valence electrons. The maximum atomic E-state index is 5.40. The first-order valence-corrected chi connectivity index (χ1v) is 6.63. The molecule has 4 nitrogen and oxygen atoms in total. The van der Waals surface area contributed by atoms with Crippen LogP contribution in [0.2, 0.25) is 0 Å². The van der Waals surface area contributed by atoms with E-state index < -0.39 is 0 Å². The van der Waals surface area contributed by atoms with Gasteiger partial charge in [0, 0.05) is 30.7 Å². The van der Waals surface area contributed by atoms with E-state index in [0.717, 1.165) is 36.7 Å². The topological polar surface area (TPSA) is 42.5 Å². The minimum absolute atomic E-state index is 0.162. The summed E-state index contributed by atoms with van der Waals surface area (Å²) >= 11 is 0. The van der Waals surface area contributed by atoms with Gasteiger partial charge in [0.1, 0.15) is 0 Å². The van der Waals surface area contributed by atoms with E-state index in [1.807, 2.05) is 18.2 Å². The average molecular weight is 266 g/mol. The highest BCUT2D eigenvalue weighted by atomic mass is 16.5. The van der Waals surface area contributed by atoms with Gasteiger partial charge in [-0.3, -0.25) is 0 Å². The zero-order valence-electron chi connectivity index (χ0n) is 12.7. The molecule has 0 amide bonds. The summed E-state index contributed by atoms with van der Waals surface area (Å²) in [7, 11) is 3.32. The second kappa shape index (κ2) is 7.36. The van der Waals surface area contributed by atoms with Crippen molar-refractivity contribution < 1.29 is 9.47 Å². The maximum absolute atomic E-state index is 5.40. The molecule has 0 heterocycles. The van der Waals surface area contributed by atoms with Crippen molar-refractivity contribution >= 4 is 0 Å². The first-order chi connectivity index (χ1) is 8.98. The summed E-state index contributed by atoms with van der Waals surface area (Å²) in [6.07, 6.45) is 0. The monoisotopic (exact) mass is 266 g/mol. The lowest BCUT2D eigenvalue weighted by atomic mass is 10.1. The molecular weight excluding hydrogens is 240 g/mol. The van der Waals surface area contributed by atoms with Crippen LogP contribution in [-0.4, -0.2) is 32.8 Å². The Bertz CT molecular complexity index is 386. The summed E-state index contributed by atoms with van der Waals surface area (Å²) in [6.45, 7) is 9.12. The zero-order chi connectivity index (χ0) is 14.3. The highest BCUT2D eigenvalue weighted by molar-refractivity contribution is 5.46. The molecular formula is C15H26N2O2. The van der Waals surface area contributed by atoms with Gasteiger partial charge < -0.3 is 20.1 Å². The number of ether oxygens (including phenoxy) is 2. The fourth-order valence-electron chi connectivity index (χ4n) is 1.84. The van der Waals surface area contributed by atoms with Gasteiger partial charge in [-0.25, -0.2) is 0 Å². The van der Waals surface area contributed by atoms with Crippen LogP contribution in [0.1, 0.15) is 26.3 Å². The highest BCUT2D eigenvalue weighted by Gasteiger charge is 2.09. The van der Waals surface area contributed by atoms with Crippen molar-refractivity contribution in [1.29, 1.82) is 0 Å². The van der Waals surface area contributed by atoms with Gasteiger partial charge in [-0.2, -0.15) is 0 Å². The lowest BCUT2D eigenvalue weighted by Crippen LogP contribution is -2.40. The fraction of sp³-hybridized carbons (Fsp3) is 0.600. The van der Waals surface area contributed by atoms with Crippen LogP contribution >= 0.6 is 0 Å². The van der Waals surface area contributed by atoms with Gasteiger partial charge in [-0.05, 0) is 26.8 Å². The third kappa shape index (κ3) is 5.49. The second-order valence-corrected chi connectivity index (χ2v) is 5.51. The van der Waals surface area contributed by atoms with Crippen molar-refractivity contribution in [2.45, 2.75) is 32.9 Å². The predicted octanol–water partition coefficient (Wildman–Crippen LogP) is 2.18. The van der Waals surface area contributed by atoms with Crippen LogP contribution in [0.25, 0.3) is 0 Å². The SMILES string of the molecule is COc1cccc(CNCCNC(C)(C)C)c1OC. The molecule has 0 aliphatic heterocycles. The maximum Gasteiger partial charge on any atom is 0.165 e. The van der Waals surface area contributed by atoms with Gasteiger partial charge in [0.15, 0.2) is 11.5 Å². The quantitative estimate of drug-likeness (QED) is 0.742. The molecule has 1 aromatic rings. The molecule has 4 heteroatoms. The molecule has 0 atom stereocenters. The molecule has 0 bridgehead atoms. The average Bonchev–Trinajstić information content (AvgIpc) is 2.36. The van der Waals surface area contributed by atoms with Gasteiger partial charge in [0.05, 0.1) is 14.2 Å². The van der Waals surface area contributed by atoms with Crippen LogP contribution in [0.15, 0.2) is 18.2 Å². The van der Waals surface area contributed by atoms with E-state index in [1.54, 1.807) is 14.2 Å². The van der Waals surface area contributed by atoms with E-state index in [-0.39, 0.29) is 5.54 Å². The minimum atomic E-state index is 0.162. The molecule has 0 saturated heterocycles. The minimum Gasteiger partial charge on any atom is -0.493 e. The smallest absolute Gasteiger partial charge is 0.165 e. The first kappa shape index (κ1) is 15.8. The Hall–Kier alpha value is -1.26. The molecule has 0 saturated carbocycles. The molecule has 0 aliphatic carbocycles. The zero-order valence-corrected chi connectivity index (χ0v) is 12.7. The molecule has 2 N–H and O–H groups in total. The Morgan fingerprint density at radius 2 is 1.79 bits per heavy atom. The number of benzene rings is 1. The lowest BCUT2D eigenvalue weighted by molar-refractivity contribution is 0.350. The van der Waals surface area contributed by atoms with Crippen molar-refractivity contribution in [2.75, 3.05) is 27.3 Å². The summed E-state index contributed by atoms with van der Waals surface area (Å²) in [5, 5.41) is 6.84. The van der Waals surface area contributed by atoms with Crippen molar-refractivity contribution in [1.82, 2.24) is 10.6 Å². The summed E-state index contributed by atoms with van der Waals surface area (Å²) in [4.78, 5) is 0. The van der Waals surface area contributed by atoms with Gasteiger partial charge in [-0.15, -0.1) is 0 Å². The van der Waals surface area contributed by atoms with Gasteiger partial charge in [0.25, 0.3) is 0 Å². The molecule has 0 radical (unpaired) electrons. The third-order valence-electron chi connectivity index (χ3n) is 2.76. The summed E-state index contributed by atoms with van der Waals surface area (Å²) in [5.74, 6) is 1.58. The van der Waals surface area contributed by atoms with Crippen LogP contribution in [-0.2, 0) is 6.54 Å². The lowest BCUT2D eigenvalue weighted by Gasteiger charge is -2.20. The van der Waals surface area contributed by atoms with E-state index in [4.69, 9.17) is 9.47 Å². The molecule has 19 heavy (non-hydrogen) atoms. The highest BCUT2D eigenvalue weighted by Crippen LogP contribution is 2.30. The first-order valence-electron chi connectivity index (χ1n) is 6.63. The molecule has 0 spiro atoms. The number of nitrogens with one attached hydrogen (secondary N) is 2. The number of para-hydroxylation sites is 1. The van der Waals surface area contributed by atoms with Gasteiger partial charge >= 0.3 is 0 Å². The van der Waals surface area contributed by atoms with Crippen LogP contribution < -0.4 is 20.1 Å². The van der Waals surface area contributed by atoms with E-state index in [1.165, 1.54) is 0 Å². The van der Waals surface area contributed by atoms with Gasteiger partial charge in [0.2, 0.25) is 0 Å². The number of rotatable bonds is 7. The Morgan fingerprint density at radius 1 is 1.05 bits per heavy atom. The summed E-state index contributed by atoms with van der Waals surface area (Å²) in [5.41, 5.74) is 1.27. The van der Waals surface area contributed by atoms with E-state index in [0.29, 0.717) is 0 Å². The Kier molecular flexibility index (Phi) is 6.12. The fourth-order valence-corrected chi connectivity index (χ4v) is 1.84. The van der Waals surface area contributed by atoms with Crippen molar-refractivity contribution in [3.8, 4) is 11.5 Å². The molecule has 1 rings (SSSR count). The third-order valence-corrected chi connectivity index (χ3v) is 2.76. The van der Waals surface area contributed by atoms with Crippen LogP contribution in [0.3, 0.4) is 0 Å². The molecule has 0 unspecified atom stereocenters. The largest absolute Gasteiger partial charge is 0.493 e. The van der Waals surface area contributed by atoms with Gasteiger partial charge in [-0.1, -0.05) is 12.1 Å². The number of hydrogen-bond acceptors (Lipinski definition) is 4. The van der Waals surface area contributed by atoms with Crippen LogP contribution in [0, 0.1) is 0 Å². The standard InChI is InChI=1S/C15H26N2O2/c1-15(2,3)17-10-9-16-11-12-7-6-8-13(18-4)14(12)19-5/h6-8,16-17H,9-11H2,1-5H3. The molecule has 1 aromatic carbocycles. The number of methoxy groups -OCH3 is 2. The van der Waals surface area contributed by atoms with Crippen molar-refractivity contribution in [3.63, 3.8) is 0 Å². The number of hydrogen-bond donors (Lipinski definition) is 2. The van der Waals surface area contributed by atoms with Crippen LogP contribution in [0.5, 0.6) is 11.5 Å². The predicted molar refractivity (Wildman–Crippen MR) is 79.0 cm³/mol. The summed E-state index contributed by atoms with van der Waals surface area (Å²) < 4.78 is 10.7. The van der Waals surface area contributed by atoms with E-state index in [9.17, 15) is 0 Å². The Labute approximate surface area is 116 Å². The van der Waals surface area contributed by atoms with Crippen molar-refractivity contribution in [2.24, 2.45) is 0 Å². The van der Waals surface area contributed by atoms with E-state index >= 15 is 0 Å². The normalized spacial score (nSPS) is 11.4. The van der Waals surface area contributed by atoms with Crippen molar-refractivity contribution in [3.05, 3.63) is 23.8 Å². The molecule has 0 aromatic heterocycles. The van der Waals surface area contributed by atoms with Crippen LogP contribution in [0.4, 0.5) is 0 Å². The Morgan fingerprint density at radius 3 is 2.37 bits per heavy atom. The Balaban J connectivity index is 2.45. The molecule has 0 aliphatic rings. The summed E-state index contributed by atoms with van der Waals surface area (Å²) in [6, 6.07) is 5.93.